The fourth-order valence-corrected chi connectivity index (χ4v) is 7.00. The van der Waals surface area contributed by atoms with E-state index in [-0.39, 0.29) is 30.4 Å². The number of benzene rings is 2. The van der Waals surface area contributed by atoms with Gasteiger partial charge in [-0.05, 0) is 74.7 Å². The van der Waals surface area contributed by atoms with Gasteiger partial charge in [0, 0.05) is 60.9 Å². The Morgan fingerprint density at radius 3 is 2.48 bits per heavy atom. The molecule has 2 aliphatic rings. The second kappa shape index (κ2) is 13.0. The summed E-state index contributed by atoms with van der Waals surface area (Å²) in [4.78, 5) is 26.2. The third-order valence-corrected chi connectivity index (χ3v) is 9.43. The Labute approximate surface area is 275 Å². The van der Waals surface area contributed by atoms with Gasteiger partial charge >= 0.3 is 0 Å². The van der Waals surface area contributed by atoms with Crippen LogP contribution in [-0.2, 0) is 25.7 Å². The molecule has 1 saturated heterocycles. The largest absolute Gasteiger partial charge is 0.382 e. The number of aromatic nitrogens is 6. The molecule has 48 heavy (non-hydrogen) atoms. The van der Waals surface area contributed by atoms with Crippen molar-refractivity contribution in [2.75, 3.05) is 26.2 Å². The Balaban J connectivity index is 0.999. The summed E-state index contributed by atoms with van der Waals surface area (Å²) < 4.78 is 45.3. The minimum atomic E-state index is -1.65. The van der Waals surface area contributed by atoms with Crippen molar-refractivity contribution in [3.8, 4) is 22.4 Å². The molecule has 1 fully saturated rings. The van der Waals surface area contributed by atoms with Crippen LogP contribution in [0.25, 0.3) is 22.4 Å². The van der Waals surface area contributed by atoms with Crippen LogP contribution in [0.5, 0.6) is 0 Å². The topological polar surface area (TPSA) is 105 Å². The van der Waals surface area contributed by atoms with Crippen molar-refractivity contribution < 1.29 is 23.1 Å². The van der Waals surface area contributed by atoms with Crippen molar-refractivity contribution in [3.63, 3.8) is 0 Å². The molecule has 1 atom stereocenters. The maximum atomic E-state index is 14.9. The lowest BCUT2D eigenvalue weighted by molar-refractivity contribution is -0.0291. The number of nitrogens with zero attached hydrogens (tertiary/aromatic N) is 8. The molecule has 2 aromatic carbocycles. The molecule has 0 aliphatic carbocycles. The Morgan fingerprint density at radius 1 is 0.979 bits per heavy atom. The summed E-state index contributed by atoms with van der Waals surface area (Å²) in [5.41, 5.74) is 2.62. The number of pyridine rings is 1. The molecule has 5 aromatic rings. The molecule has 0 unspecified atom stereocenters. The van der Waals surface area contributed by atoms with Gasteiger partial charge in [-0.3, -0.25) is 14.5 Å². The van der Waals surface area contributed by atoms with Gasteiger partial charge in [0.2, 0.25) is 0 Å². The van der Waals surface area contributed by atoms with Gasteiger partial charge in [0.1, 0.15) is 41.4 Å². The van der Waals surface area contributed by atoms with Gasteiger partial charge in [0.05, 0.1) is 24.3 Å². The highest BCUT2D eigenvalue weighted by Crippen LogP contribution is 2.37. The summed E-state index contributed by atoms with van der Waals surface area (Å²) in [5, 5.41) is 20.4. The van der Waals surface area contributed by atoms with Crippen LogP contribution in [0.3, 0.4) is 0 Å². The summed E-state index contributed by atoms with van der Waals surface area (Å²) in [6.45, 7) is 2.47. The van der Waals surface area contributed by atoms with Crippen molar-refractivity contribution in [2.24, 2.45) is 13.0 Å². The Morgan fingerprint density at radius 2 is 1.75 bits per heavy atom. The van der Waals surface area contributed by atoms with Crippen molar-refractivity contribution in [1.29, 1.82) is 0 Å². The summed E-state index contributed by atoms with van der Waals surface area (Å²) in [6, 6.07) is 11.2. The van der Waals surface area contributed by atoms with E-state index in [1.165, 1.54) is 35.5 Å². The van der Waals surface area contributed by atoms with Crippen molar-refractivity contribution in [2.45, 2.75) is 38.0 Å². The molecule has 248 valence electrons. The highest BCUT2D eigenvalue weighted by atomic mass is 19.1. The number of carbonyl (C=O) groups is 1. The lowest BCUT2D eigenvalue weighted by atomic mass is 9.89. The Hall–Kier alpha value is -4.88. The molecule has 1 amide bonds. The number of rotatable bonds is 10. The molecule has 0 radical (unpaired) electrons. The summed E-state index contributed by atoms with van der Waals surface area (Å²) >= 11 is 0. The maximum absolute atomic E-state index is 14.9. The number of amides is 1. The number of piperidine rings is 1. The number of halogens is 3. The molecular formula is C35H35F3N8O2. The van der Waals surface area contributed by atoms with E-state index < -0.39 is 17.2 Å². The van der Waals surface area contributed by atoms with Gasteiger partial charge in [0.15, 0.2) is 0 Å². The molecule has 2 aliphatic heterocycles. The molecule has 1 N–H and O–H groups in total. The molecule has 3 aromatic heterocycles. The Bertz CT molecular complexity index is 1920. The van der Waals surface area contributed by atoms with Crippen LogP contribution in [0.2, 0.25) is 0 Å². The molecule has 5 heterocycles. The molecule has 0 bridgehead atoms. The van der Waals surface area contributed by atoms with Crippen molar-refractivity contribution in [3.05, 3.63) is 108 Å². The molecule has 7 rings (SSSR count). The van der Waals surface area contributed by atoms with Gasteiger partial charge in [-0.2, -0.15) is 10.2 Å². The van der Waals surface area contributed by atoms with E-state index in [0.717, 1.165) is 53.8 Å². The zero-order valence-electron chi connectivity index (χ0n) is 26.4. The zero-order chi connectivity index (χ0) is 33.4. The number of fused-ring (bicyclic) bond motifs is 1. The summed E-state index contributed by atoms with van der Waals surface area (Å²) in [6.07, 6.45) is 8.89. The number of aryl methyl sites for hydroxylation is 1. The van der Waals surface area contributed by atoms with Crippen LogP contribution in [0.15, 0.2) is 73.6 Å². The number of β-amino-alcohol motifs (C(OH)–C–C–N with tert-alkyl or cyclic N) is 1. The van der Waals surface area contributed by atoms with Gasteiger partial charge in [0.25, 0.3) is 5.91 Å². The molecule has 0 saturated carbocycles. The predicted molar refractivity (Wildman–Crippen MR) is 171 cm³/mol. The van der Waals surface area contributed by atoms with E-state index >= 15 is 0 Å². The van der Waals surface area contributed by atoms with Crippen LogP contribution < -0.4 is 0 Å². The van der Waals surface area contributed by atoms with Crippen LogP contribution >= 0.6 is 0 Å². The number of aliphatic hydroxyl groups is 1. The first-order valence-electron chi connectivity index (χ1n) is 16.0. The highest BCUT2D eigenvalue weighted by Gasteiger charge is 2.37. The zero-order valence-corrected chi connectivity index (χ0v) is 26.4. The first kappa shape index (κ1) is 31.7. The van der Waals surface area contributed by atoms with Gasteiger partial charge < -0.3 is 14.9 Å². The molecule has 10 nitrogen and oxygen atoms in total. The smallest absolute Gasteiger partial charge is 0.256 e. The summed E-state index contributed by atoms with van der Waals surface area (Å²) in [5.74, 6) is -1.56. The van der Waals surface area contributed by atoms with Crippen LogP contribution in [0, 0.1) is 23.4 Å². The van der Waals surface area contributed by atoms with E-state index in [9.17, 15) is 23.1 Å². The van der Waals surface area contributed by atoms with Gasteiger partial charge in [-0.25, -0.2) is 22.8 Å². The van der Waals surface area contributed by atoms with E-state index in [1.807, 2.05) is 24.2 Å². The lowest BCUT2D eigenvalue weighted by Crippen LogP contribution is -2.47. The number of hydrogen-bond donors (Lipinski definition) is 1. The second-order valence-corrected chi connectivity index (χ2v) is 12.7. The maximum Gasteiger partial charge on any atom is 0.256 e. The molecule has 13 heteroatoms. The lowest BCUT2D eigenvalue weighted by Gasteiger charge is -2.38. The van der Waals surface area contributed by atoms with E-state index in [4.69, 9.17) is 0 Å². The van der Waals surface area contributed by atoms with Crippen LogP contribution in [0.4, 0.5) is 13.2 Å². The SMILES string of the molecule is Cn1cc(-c2ccnc3c2C(=O)N(CCC2CCN(C[C@](O)(Cn4cncn4)c4ccc(F)cc4F)CC2)C3)c(-c2ccc(F)cc2)n1. The highest BCUT2D eigenvalue weighted by molar-refractivity contribution is 6.05. The molecular weight excluding hydrogens is 621 g/mol. The average molecular weight is 657 g/mol. The van der Waals surface area contributed by atoms with E-state index in [2.05, 4.69) is 25.1 Å². The Kier molecular flexibility index (Phi) is 8.56. The normalized spacial score (nSPS) is 16.8. The fraction of sp³-hybridized carbons (Fsp3) is 0.343. The second-order valence-electron chi connectivity index (χ2n) is 12.7. The molecule has 0 spiro atoms. The van der Waals surface area contributed by atoms with Crippen LogP contribution in [-0.4, -0.2) is 76.5 Å². The first-order chi connectivity index (χ1) is 23.2. The van der Waals surface area contributed by atoms with Crippen molar-refractivity contribution in [1.82, 2.24) is 39.3 Å². The fourth-order valence-electron chi connectivity index (χ4n) is 7.00. The number of hydrogen-bond acceptors (Lipinski definition) is 7. The standard InChI is InChI=1S/C35H35F3N8O2/c1-43-17-28(33(42-43)24-2-4-25(36)5-3-24)27-8-12-40-31-18-45(34(47)32(27)31)15-11-23-9-13-44(14-10-23)19-35(48,20-46-22-39-21-41-46)29-7-6-26(37)16-30(29)38/h2-8,12,16-17,21-23,48H,9-11,13-15,18-20H2,1H3/t35-/m0/s1. The third kappa shape index (κ3) is 6.35. The quantitative estimate of drug-likeness (QED) is 0.230. The number of likely N-dealkylation sites (tertiary alicyclic amines) is 1. The average Bonchev–Trinajstić information content (AvgIpc) is 3.80. The predicted octanol–water partition coefficient (Wildman–Crippen LogP) is 4.80. The summed E-state index contributed by atoms with van der Waals surface area (Å²) in [7, 11) is 1.82. The minimum absolute atomic E-state index is 0.0117. The van der Waals surface area contributed by atoms with Gasteiger partial charge in [-0.15, -0.1) is 0 Å². The minimum Gasteiger partial charge on any atom is -0.382 e. The third-order valence-electron chi connectivity index (χ3n) is 9.43. The van der Waals surface area contributed by atoms with E-state index in [1.54, 1.807) is 23.0 Å². The van der Waals surface area contributed by atoms with E-state index in [0.29, 0.717) is 43.4 Å². The van der Waals surface area contributed by atoms with Gasteiger partial charge in [-0.1, -0.05) is 6.07 Å². The number of carbonyl (C=O) groups excluding carboxylic acids is 1. The van der Waals surface area contributed by atoms with Crippen LogP contribution in [0.1, 0.15) is 40.9 Å². The monoisotopic (exact) mass is 656 g/mol. The first-order valence-corrected chi connectivity index (χ1v) is 16.0. The van der Waals surface area contributed by atoms with Crippen molar-refractivity contribution >= 4 is 5.91 Å².